The lowest BCUT2D eigenvalue weighted by Crippen LogP contribution is -2.02. The highest BCUT2D eigenvalue weighted by atomic mass is 32.2. The summed E-state index contributed by atoms with van der Waals surface area (Å²) in [5.41, 5.74) is 1.10. The van der Waals surface area contributed by atoms with Crippen molar-refractivity contribution in [3.05, 3.63) is 46.2 Å². The number of anilines is 1. The molecule has 1 aromatic carbocycles. The molecule has 0 fully saturated rings. The van der Waals surface area contributed by atoms with Crippen LogP contribution in [0.25, 0.3) is 0 Å². The zero-order valence-corrected chi connectivity index (χ0v) is 13.1. The lowest BCUT2D eigenvalue weighted by atomic mass is 10.3. The molecule has 0 bridgehead atoms. The van der Waals surface area contributed by atoms with Crippen LogP contribution in [-0.4, -0.2) is 19.3 Å². The minimum atomic E-state index is -0.195. The summed E-state index contributed by atoms with van der Waals surface area (Å²) in [6.07, 6.45) is 2.42. The molecule has 0 aliphatic heterocycles. The Labute approximate surface area is 127 Å². The summed E-state index contributed by atoms with van der Waals surface area (Å²) in [5.74, 6) is -0.195. The molecule has 0 atom stereocenters. The third-order valence-electron chi connectivity index (χ3n) is 2.82. The van der Waals surface area contributed by atoms with Crippen molar-refractivity contribution in [1.29, 1.82) is 0 Å². The van der Waals surface area contributed by atoms with Gasteiger partial charge >= 0.3 is 5.97 Å². The molecule has 5 heteroatoms. The normalized spacial score (nSPS) is 10.3. The molecule has 20 heavy (non-hydrogen) atoms. The van der Waals surface area contributed by atoms with Gasteiger partial charge in [-0.3, -0.25) is 4.79 Å². The molecule has 0 aliphatic rings. The third-order valence-corrected chi connectivity index (χ3v) is 4.65. The van der Waals surface area contributed by atoms with E-state index < -0.39 is 0 Å². The summed E-state index contributed by atoms with van der Waals surface area (Å²) in [6.45, 7) is 0.768. The van der Waals surface area contributed by atoms with Crippen LogP contribution in [0, 0.1) is 0 Å². The zero-order valence-electron chi connectivity index (χ0n) is 11.5. The summed E-state index contributed by atoms with van der Waals surface area (Å²) in [6, 6.07) is 12.4. The maximum Gasteiger partial charge on any atom is 0.310 e. The number of carbonyl (C=O) groups is 1. The van der Waals surface area contributed by atoms with Gasteiger partial charge in [0.25, 0.3) is 0 Å². The molecular formula is C15H17NO2S2. The fourth-order valence-corrected chi connectivity index (χ4v) is 3.08. The van der Waals surface area contributed by atoms with Crippen molar-refractivity contribution < 1.29 is 9.53 Å². The van der Waals surface area contributed by atoms with Gasteiger partial charge in [0.2, 0.25) is 0 Å². The van der Waals surface area contributed by atoms with E-state index in [4.69, 9.17) is 0 Å². The second kappa shape index (κ2) is 7.36. The third kappa shape index (κ3) is 4.28. The Balaban J connectivity index is 1.88. The van der Waals surface area contributed by atoms with Crippen molar-refractivity contribution >= 4 is 34.8 Å². The molecule has 0 saturated carbocycles. The number of ether oxygens (including phenoxy) is 1. The van der Waals surface area contributed by atoms with Gasteiger partial charge in [0.1, 0.15) is 0 Å². The van der Waals surface area contributed by atoms with Crippen LogP contribution in [0.4, 0.5) is 5.69 Å². The highest BCUT2D eigenvalue weighted by Gasteiger charge is 2.06. The number of thioether (sulfide) groups is 1. The number of thiophene rings is 1. The van der Waals surface area contributed by atoms with Crippen LogP contribution in [0.3, 0.4) is 0 Å². The first kappa shape index (κ1) is 14.9. The summed E-state index contributed by atoms with van der Waals surface area (Å²) in [5, 5.41) is 3.38. The number of esters is 1. The molecule has 1 N–H and O–H groups in total. The highest BCUT2D eigenvalue weighted by molar-refractivity contribution is 7.98. The number of carbonyl (C=O) groups excluding carboxylic acids is 1. The molecule has 0 radical (unpaired) electrons. The predicted octanol–water partition coefficient (Wildman–Crippen LogP) is 3.80. The molecule has 0 spiro atoms. The molecule has 2 rings (SSSR count). The van der Waals surface area contributed by atoms with Gasteiger partial charge in [0.15, 0.2) is 0 Å². The Bertz CT molecular complexity index is 564. The number of methoxy groups -OCH3 is 1. The smallest absolute Gasteiger partial charge is 0.310 e. The monoisotopic (exact) mass is 307 g/mol. The first-order valence-electron chi connectivity index (χ1n) is 6.23. The summed E-state index contributed by atoms with van der Waals surface area (Å²) < 4.78 is 4.66. The molecule has 0 saturated heterocycles. The van der Waals surface area contributed by atoms with E-state index in [0.717, 1.165) is 17.1 Å². The van der Waals surface area contributed by atoms with Crippen molar-refractivity contribution in [3.8, 4) is 0 Å². The molecule has 0 aliphatic carbocycles. The van der Waals surface area contributed by atoms with E-state index in [9.17, 15) is 4.79 Å². The molecule has 3 nitrogen and oxygen atoms in total. The van der Waals surface area contributed by atoms with E-state index in [1.807, 2.05) is 12.1 Å². The van der Waals surface area contributed by atoms with Crippen LogP contribution < -0.4 is 5.32 Å². The van der Waals surface area contributed by atoms with Gasteiger partial charge in [0.05, 0.1) is 13.5 Å². The van der Waals surface area contributed by atoms with Gasteiger partial charge in [-0.15, -0.1) is 23.1 Å². The van der Waals surface area contributed by atoms with E-state index >= 15 is 0 Å². The van der Waals surface area contributed by atoms with E-state index in [1.54, 1.807) is 23.1 Å². The first-order valence-corrected chi connectivity index (χ1v) is 8.27. The van der Waals surface area contributed by atoms with Gasteiger partial charge in [-0.25, -0.2) is 0 Å². The average molecular weight is 307 g/mol. The number of rotatable bonds is 6. The molecule has 0 amide bonds. The van der Waals surface area contributed by atoms with E-state index in [-0.39, 0.29) is 5.97 Å². The van der Waals surface area contributed by atoms with Crippen molar-refractivity contribution in [3.63, 3.8) is 0 Å². The van der Waals surface area contributed by atoms with Crippen LogP contribution in [-0.2, 0) is 22.5 Å². The quantitative estimate of drug-likeness (QED) is 0.651. The second-order valence-corrected chi connectivity index (χ2v) is 6.34. The Kier molecular flexibility index (Phi) is 5.49. The maximum atomic E-state index is 11.2. The van der Waals surface area contributed by atoms with E-state index in [0.29, 0.717) is 6.42 Å². The fourth-order valence-electron chi connectivity index (χ4n) is 1.72. The Morgan fingerprint density at radius 1 is 1.20 bits per heavy atom. The number of benzene rings is 1. The van der Waals surface area contributed by atoms with Crippen molar-refractivity contribution in [2.75, 3.05) is 18.7 Å². The molecule has 106 valence electrons. The minimum Gasteiger partial charge on any atom is -0.469 e. The fraction of sp³-hybridized carbons (Fsp3) is 0.267. The number of hydrogen-bond acceptors (Lipinski definition) is 5. The Morgan fingerprint density at radius 2 is 1.90 bits per heavy atom. The van der Waals surface area contributed by atoms with Crippen LogP contribution >= 0.6 is 23.1 Å². The van der Waals surface area contributed by atoms with Crippen molar-refractivity contribution in [2.24, 2.45) is 0 Å². The number of nitrogens with one attached hydrogen (secondary N) is 1. The van der Waals surface area contributed by atoms with Crippen LogP contribution in [0.5, 0.6) is 0 Å². The summed E-state index contributed by atoms with van der Waals surface area (Å²) >= 11 is 3.37. The summed E-state index contributed by atoms with van der Waals surface area (Å²) in [7, 11) is 1.41. The van der Waals surface area contributed by atoms with E-state index in [1.165, 1.54) is 16.9 Å². The molecule has 1 aromatic heterocycles. The topological polar surface area (TPSA) is 38.3 Å². The van der Waals surface area contributed by atoms with Gasteiger partial charge in [0, 0.05) is 26.9 Å². The largest absolute Gasteiger partial charge is 0.469 e. The minimum absolute atomic E-state index is 0.195. The van der Waals surface area contributed by atoms with Gasteiger partial charge < -0.3 is 10.1 Å². The predicted molar refractivity (Wildman–Crippen MR) is 85.6 cm³/mol. The Hall–Kier alpha value is -1.46. The van der Waals surface area contributed by atoms with Crippen LogP contribution in [0.15, 0.2) is 41.3 Å². The highest BCUT2D eigenvalue weighted by Crippen LogP contribution is 2.21. The standard InChI is InChI=1S/C15H17NO2S2/c1-18-15(17)9-13-7-8-14(20-13)10-16-11-3-5-12(19-2)6-4-11/h3-8,16H,9-10H2,1-2H3. The first-order chi connectivity index (χ1) is 9.71. The lowest BCUT2D eigenvalue weighted by molar-refractivity contribution is -0.139. The van der Waals surface area contributed by atoms with Gasteiger partial charge in [-0.1, -0.05) is 0 Å². The van der Waals surface area contributed by atoms with Crippen molar-refractivity contribution in [2.45, 2.75) is 17.9 Å². The van der Waals surface area contributed by atoms with Gasteiger partial charge in [-0.2, -0.15) is 0 Å². The Morgan fingerprint density at radius 3 is 2.55 bits per heavy atom. The summed E-state index contributed by atoms with van der Waals surface area (Å²) in [4.78, 5) is 14.7. The molecule has 1 heterocycles. The maximum absolute atomic E-state index is 11.2. The van der Waals surface area contributed by atoms with Crippen molar-refractivity contribution in [1.82, 2.24) is 0 Å². The molecule has 0 unspecified atom stereocenters. The van der Waals surface area contributed by atoms with Crippen LogP contribution in [0.1, 0.15) is 9.75 Å². The molecular weight excluding hydrogens is 290 g/mol. The zero-order chi connectivity index (χ0) is 14.4. The lowest BCUT2D eigenvalue weighted by Gasteiger charge is -2.05. The SMILES string of the molecule is COC(=O)Cc1ccc(CNc2ccc(SC)cc2)s1. The van der Waals surface area contributed by atoms with Gasteiger partial charge in [-0.05, 0) is 42.7 Å². The number of hydrogen-bond donors (Lipinski definition) is 1. The second-order valence-electron chi connectivity index (χ2n) is 4.20. The van der Waals surface area contributed by atoms with Crippen LogP contribution in [0.2, 0.25) is 0 Å². The van der Waals surface area contributed by atoms with E-state index in [2.05, 4.69) is 40.6 Å². The molecule has 2 aromatic rings. The average Bonchev–Trinajstić information content (AvgIpc) is 2.93.